The Morgan fingerprint density at radius 3 is 2.63 bits per heavy atom. The van der Waals surface area contributed by atoms with Gasteiger partial charge in [0.1, 0.15) is 11.9 Å². The van der Waals surface area contributed by atoms with Gasteiger partial charge in [0.15, 0.2) is 0 Å². The van der Waals surface area contributed by atoms with Gasteiger partial charge in [0.05, 0.1) is 12.3 Å². The number of hydrogen-bond donors (Lipinski definition) is 1. The number of pyridine rings is 1. The third-order valence-corrected chi connectivity index (χ3v) is 2.81. The summed E-state index contributed by atoms with van der Waals surface area (Å²) in [4.78, 5) is 4.51. The van der Waals surface area contributed by atoms with Crippen LogP contribution in [0.4, 0.5) is 0 Å². The lowest BCUT2D eigenvalue weighted by Gasteiger charge is -2.21. The van der Waals surface area contributed by atoms with Crippen molar-refractivity contribution >= 4 is 0 Å². The number of aryl methyl sites for hydroxylation is 2. The Labute approximate surface area is 116 Å². The highest BCUT2D eigenvalue weighted by Crippen LogP contribution is 2.19. The van der Waals surface area contributed by atoms with Crippen LogP contribution in [0.25, 0.3) is 0 Å². The van der Waals surface area contributed by atoms with E-state index in [-0.39, 0.29) is 6.10 Å². The Morgan fingerprint density at radius 2 is 2.05 bits per heavy atom. The molecule has 1 aromatic heterocycles. The van der Waals surface area contributed by atoms with Gasteiger partial charge in [-0.25, -0.2) is 0 Å². The number of hydrogen-bond acceptors (Lipinski definition) is 4. The molecule has 19 heavy (non-hydrogen) atoms. The molecule has 1 aromatic rings. The Bertz CT molecular complexity index is 380. The van der Waals surface area contributed by atoms with Gasteiger partial charge in [-0.2, -0.15) is 0 Å². The summed E-state index contributed by atoms with van der Waals surface area (Å²) in [7, 11) is 1.69. The van der Waals surface area contributed by atoms with Crippen molar-refractivity contribution in [3.63, 3.8) is 0 Å². The van der Waals surface area contributed by atoms with Crippen molar-refractivity contribution in [1.29, 1.82) is 0 Å². The largest absolute Gasteiger partial charge is 0.485 e. The van der Waals surface area contributed by atoms with Gasteiger partial charge in [-0.15, -0.1) is 0 Å². The van der Waals surface area contributed by atoms with Gasteiger partial charge < -0.3 is 14.8 Å². The predicted octanol–water partition coefficient (Wildman–Crippen LogP) is 2.34. The van der Waals surface area contributed by atoms with Crippen LogP contribution in [0.3, 0.4) is 0 Å². The first-order valence-corrected chi connectivity index (χ1v) is 6.92. The van der Waals surface area contributed by atoms with E-state index < -0.39 is 0 Å². The Balaban J connectivity index is 2.72. The van der Waals surface area contributed by atoms with E-state index in [0.29, 0.717) is 12.6 Å². The van der Waals surface area contributed by atoms with Gasteiger partial charge in [0.2, 0.25) is 0 Å². The molecule has 0 radical (unpaired) electrons. The van der Waals surface area contributed by atoms with Crippen LogP contribution in [0.1, 0.15) is 32.2 Å². The van der Waals surface area contributed by atoms with Crippen molar-refractivity contribution < 1.29 is 9.47 Å². The predicted molar refractivity (Wildman–Crippen MR) is 77.8 cm³/mol. The summed E-state index contributed by atoms with van der Waals surface area (Å²) >= 11 is 0. The van der Waals surface area contributed by atoms with E-state index in [1.807, 2.05) is 19.1 Å². The summed E-state index contributed by atoms with van der Waals surface area (Å²) in [5.74, 6) is 0.862. The van der Waals surface area contributed by atoms with Crippen molar-refractivity contribution in [1.82, 2.24) is 10.3 Å². The van der Waals surface area contributed by atoms with Crippen LogP contribution >= 0.6 is 0 Å². The highest BCUT2D eigenvalue weighted by atomic mass is 16.5. The highest BCUT2D eigenvalue weighted by Gasteiger charge is 2.13. The zero-order chi connectivity index (χ0) is 14.3. The van der Waals surface area contributed by atoms with Crippen LogP contribution in [-0.4, -0.2) is 37.4 Å². The van der Waals surface area contributed by atoms with Crippen molar-refractivity contribution in [2.75, 3.05) is 20.3 Å². The number of aromatic nitrogens is 1. The lowest BCUT2D eigenvalue weighted by atomic mass is 10.2. The number of rotatable bonds is 8. The van der Waals surface area contributed by atoms with Gasteiger partial charge in [0, 0.05) is 25.4 Å². The molecule has 1 atom stereocenters. The maximum absolute atomic E-state index is 6.03. The first kappa shape index (κ1) is 15.9. The molecule has 1 unspecified atom stereocenters. The van der Waals surface area contributed by atoms with Crippen molar-refractivity contribution in [3.05, 3.63) is 23.5 Å². The van der Waals surface area contributed by atoms with Crippen LogP contribution in [0.15, 0.2) is 12.1 Å². The molecule has 4 heteroatoms. The fourth-order valence-electron chi connectivity index (χ4n) is 1.83. The first-order chi connectivity index (χ1) is 9.06. The second-order valence-electron chi connectivity index (χ2n) is 5.01. The lowest BCUT2D eigenvalue weighted by Crippen LogP contribution is -2.38. The van der Waals surface area contributed by atoms with Gasteiger partial charge >= 0.3 is 0 Å². The maximum atomic E-state index is 6.03. The summed E-state index contributed by atoms with van der Waals surface area (Å²) in [5, 5.41) is 3.37. The molecule has 0 aliphatic heterocycles. The average Bonchev–Trinajstić information content (AvgIpc) is 2.38. The third kappa shape index (κ3) is 5.57. The molecule has 1 heterocycles. The summed E-state index contributed by atoms with van der Waals surface area (Å²) < 4.78 is 11.3. The van der Waals surface area contributed by atoms with Gasteiger partial charge in [-0.3, -0.25) is 4.98 Å². The highest BCUT2D eigenvalue weighted by molar-refractivity contribution is 5.29. The van der Waals surface area contributed by atoms with Gasteiger partial charge in [0.25, 0.3) is 0 Å². The molecule has 0 amide bonds. The fourth-order valence-corrected chi connectivity index (χ4v) is 1.83. The molecule has 0 bridgehead atoms. The van der Waals surface area contributed by atoms with E-state index in [0.717, 1.165) is 30.1 Å². The smallest absolute Gasteiger partial charge is 0.141 e. The quantitative estimate of drug-likeness (QED) is 0.784. The zero-order valence-electron chi connectivity index (χ0n) is 12.7. The molecule has 1 rings (SSSR count). The second-order valence-corrected chi connectivity index (χ2v) is 5.01. The van der Waals surface area contributed by atoms with E-state index in [1.165, 1.54) is 0 Å². The van der Waals surface area contributed by atoms with Crippen LogP contribution in [-0.2, 0) is 11.2 Å². The normalized spacial score (nSPS) is 12.7. The molecule has 1 N–H and O–H groups in total. The summed E-state index contributed by atoms with van der Waals surface area (Å²) in [6.45, 7) is 9.66. The fraction of sp³-hybridized carbons (Fsp3) is 0.667. The van der Waals surface area contributed by atoms with Crippen LogP contribution in [0, 0.1) is 6.92 Å². The van der Waals surface area contributed by atoms with E-state index in [1.54, 1.807) is 7.11 Å². The molecule has 0 fully saturated rings. The van der Waals surface area contributed by atoms with Crippen molar-refractivity contribution in [2.45, 2.75) is 46.3 Å². The number of methoxy groups -OCH3 is 1. The first-order valence-electron chi connectivity index (χ1n) is 6.92. The van der Waals surface area contributed by atoms with Crippen LogP contribution < -0.4 is 10.1 Å². The zero-order valence-corrected chi connectivity index (χ0v) is 12.7. The minimum absolute atomic E-state index is 0.00204. The summed E-state index contributed by atoms with van der Waals surface area (Å²) in [6, 6.07) is 4.41. The number of nitrogens with one attached hydrogen (secondary N) is 1. The molecule has 108 valence electrons. The molecular weight excluding hydrogens is 240 g/mol. The van der Waals surface area contributed by atoms with E-state index in [9.17, 15) is 0 Å². The minimum Gasteiger partial charge on any atom is -0.485 e. The summed E-state index contributed by atoms with van der Waals surface area (Å²) in [5.41, 5.74) is 2.03. The lowest BCUT2D eigenvalue weighted by molar-refractivity contribution is 0.0785. The monoisotopic (exact) mass is 266 g/mol. The molecule has 0 saturated carbocycles. The van der Waals surface area contributed by atoms with Crippen molar-refractivity contribution in [3.8, 4) is 5.75 Å². The van der Waals surface area contributed by atoms with Crippen LogP contribution in [0.2, 0.25) is 0 Å². The Hall–Kier alpha value is -1.13. The molecule has 0 spiro atoms. The van der Waals surface area contributed by atoms with E-state index >= 15 is 0 Å². The van der Waals surface area contributed by atoms with E-state index in [4.69, 9.17) is 9.47 Å². The molecule has 0 aliphatic rings. The molecule has 0 aromatic carbocycles. The molecule has 0 aliphatic carbocycles. The average molecular weight is 266 g/mol. The molecular formula is C15H26N2O2. The minimum atomic E-state index is 0.00204. The SMILES string of the molecule is CCc1nc(C)ccc1OC(CNC(C)C)COC. The Kier molecular flexibility index (Phi) is 6.81. The second kappa shape index (κ2) is 8.12. The number of nitrogens with zero attached hydrogens (tertiary/aromatic N) is 1. The number of ether oxygens (including phenoxy) is 2. The topological polar surface area (TPSA) is 43.4 Å². The molecule has 4 nitrogen and oxygen atoms in total. The van der Waals surface area contributed by atoms with Crippen molar-refractivity contribution in [2.24, 2.45) is 0 Å². The van der Waals surface area contributed by atoms with Gasteiger partial charge in [-0.1, -0.05) is 20.8 Å². The Morgan fingerprint density at radius 1 is 1.32 bits per heavy atom. The summed E-state index contributed by atoms with van der Waals surface area (Å²) in [6.07, 6.45) is 0.871. The van der Waals surface area contributed by atoms with Gasteiger partial charge in [-0.05, 0) is 25.5 Å². The third-order valence-electron chi connectivity index (χ3n) is 2.81. The standard InChI is InChI=1S/C15H26N2O2/c1-6-14-15(8-7-12(4)17-14)19-13(10-18-5)9-16-11(2)3/h7-8,11,13,16H,6,9-10H2,1-5H3. The van der Waals surface area contributed by atoms with E-state index in [2.05, 4.69) is 31.1 Å². The maximum Gasteiger partial charge on any atom is 0.141 e. The molecule has 0 saturated heterocycles. The van der Waals surface area contributed by atoms with Crippen LogP contribution in [0.5, 0.6) is 5.75 Å².